The van der Waals surface area contributed by atoms with E-state index in [2.05, 4.69) is 22.3 Å². The quantitative estimate of drug-likeness (QED) is 0.870. The SMILES string of the molecule is CCCn1ncnc1CN[C@H](C)c1ccc(F)cc1. The average Bonchev–Trinajstić information content (AvgIpc) is 2.85. The molecule has 102 valence electrons. The van der Waals surface area contributed by atoms with Crippen LogP contribution in [0.25, 0.3) is 0 Å². The first-order valence-corrected chi connectivity index (χ1v) is 6.56. The Bertz CT molecular complexity index is 506. The van der Waals surface area contributed by atoms with Crippen LogP contribution in [0.4, 0.5) is 4.39 Å². The van der Waals surface area contributed by atoms with E-state index in [0.717, 1.165) is 24.4 Å². The van der Waals surface area contributed by atoms with Crippen LogP contribution >= 0.6 is 0 Å². The fourth-order valence-corrected chi connectivity index (χ4v) is 1.94. The summed E-state index contributed by atoms with van der Waals surface area (Å²) in [6.45, 7) is 5.69. The van der Waals surface area contributed by atoms with Gasteiger partial charge < -0.3 is 5.32 Å². The van der Waals surface area contributed by atoms with Gasteiger partial charge in [0.25, 0.3) is 0 Å². The van der Waals surface area contributed by atoms with Crippen LogP contribution < -0.4 is 5.32 Å². The molecule has 1 atom stereocenters. The molecule has 2 rings (SSSR count). The first kappa shape index (κ1) is 13.7. The van der Waals surface area contributed by atoms with Crippen molar-refractivity contribution in [2.45, 2.75) is 39.4 Å². The van der Waals surface area contributed by atoms with Crippen molar-refractivity contribution in [3.8, 4) is 0 Å². The van der Waals surface area contributed by atoms with Gasteiger partial charge in [0, 0.05) is 12.6 Å². The lowest BCUT2D eigenvalue weighted by atomic mass is 10.1. The van der Waals surface area contributed by atoms with E-state index < -0.39 is 0 Å². The Morgan fingerprint density at radius 1 is 1.32 bits per heavy atom. The maximum atomic E-state index is 12.9. The van der Waals surface area contributed by atoms with Crippen molar-refractivity contribution in [3.63, 3.8) is 0 Å². The minimum Gasteiger partial charge on any atom is -0.303 e. The largest absolute Gasteiger partial charge is 0.303 e. The third kappa shape index (κ3) is 3.61. The van der Waals surface area contributed by atoms with Crippen molar-refractivity contribution >= 4 is 0 Å². The molecule has 0 saturated heterocycles. The average molecular weight is 262 g/mol. The molecule has 5 heteroatoms. The van der Waals surface area contributed by atoms with Crippen LogP contribution in [0, 0.1) is 5.82 Å². The Morgan fingerprint density at radius 2 is 2.05 bits per heavy atom. The summed E-state index contributed by atoms with van der Waals surface area (Å²) in [6, 6.07) is 6.70. The van der Waals surface area contributed by atoms with Gasteiger partial charge in [0.05, 0.1) is 6.54 Å². The van der Waals surface area contributed by atoms with Crippen molar-refractivity contribution in [1.29, 1.82) is 0 Å². The monoisotopic (exact) mass is 262 g/mol. The van der Waals surface area contributed by atoms with Crippen molar-refractivity contribution < 1.29 is 4.39 Å². The summed E-state index contributed by atoms with van der Waals surface area (Å²) in [5.74, 6) is 0.717. The number of rotatable bonds is 6. The molecule has 1 aromatic heterocycles. The Morgan fingerprint density at radius 3 is 2.74 bits per heavy atom. The molecule has 1 heterocycles. The number of hydrogen-bond donors (Lipinski definition) is 1. The van der Waals surface area contributed by atoms with E-state index >= 15 is 0 Å². The van der Waals surface area contributed by atoms with E-state index in [1.165, 1.54) is 12.1 Å². The number of aryl methyl sites for hydroxylation is 1. The van der Waals surface area contributed by atoms with Crippen LogP contribution in [-0.2, 0) is 13.1 Å². The zero-order valence-corrected chi connectivity index (χ0v) is 11.3. The first-order valence-electron chi connectivity index (χ1n) is 6.56. The minimum atomic E-state index is -0.210. The molecule has 0 spiro atoms. The Kier molecular flexibility index (Phi) is 4.63. The molecule has 0 saturated carbocycles. The highest BCUT2D eigenvalue weighted by Gasteiger charge is 2.08. The number of aromatic nitrogens is 3. The highest BCUT2D eigenvalue weighted by Crippen LogP contribution is 2.13. The summed E-state index contributed by atoms with van der Waals surface area (Å²) in [7, 11) is 0. The Balaban J connectivity index is 1.94. The van der Waals surface area contributed by atoms with Gasteiger partial charge in [-0.05, 0) is 31.0 Å². The van der Waals surface area contributed by atoms with Gasteiger partial charge in [0.1, 0.15) is 18.0 Å². The smallest absolute Gasteiger partial charge is 0.140 e. The molecule has 0 aliphatic heterocycles. The summed E-state index contributed by atoms with van der Waals surface area (Å²) >= 11 is 0. The second-order valence-electron chi connectivity index (χ2n) is 4.55. The molecule has 1 aromatic carbocycles. The van der Waals surface area contributed by atoms with E-state index in [-0.39, 0.29) is 11.9 Å². The lowest BCUT2D eigenvalue weighted by molar-refractivity contribution is 0.509. The summed E-state index contributed by atoms with van der Waals surface area (Å²) in [6.07, 6.45) is 2.61. The summed E-state index contributed by atoms with van der Waals surface area (Å²) in [5.41, 5.74) is 1.06. The third-order valence-corrected chi connectivity index (χ3v) is 3.07. The molecule has 0 amide bonds. The molecule has 0 aliphatic carbocycles. The molecule has 0 bridgehead atoms. The number of halogens is 1. The van der Waals surface area contributed by atoms with Crippen LogP contribution in [0.1, 0.15) is 37.7 Å². The highest BCUT2D eigenvalue weighted by molar-refractivity contribution is 5.19. The van der Waals surface area contributed by atoms with Crippen LogP contribution in [-0.4, -0.2) is 14.8 Å². The van der Waals surface area contributed by atoms with Gasteiger partial charge >= 0.3 is 0 Å². The van der Waals surface area contributed by atoms with Crippen LogP contribution in [0.15, 0.2) is 30.6 Å². The molecule has 0 fully saturated rings. The molecule has 0 radical (unpaired) electrons. The second-order valence-corrected chi connectivity index (χ2v) is 4.55. The van der Waals surface area contributed by atoms with Crippen LogP contribution in [0.5, 0.6) is 0 Å². The topological polar surface area (TPSA) is 42.7 Å². The van der Waals surface area contributed by atoms with Crippen molar-refractivity contribution in [1.82, 2.24) is 20.1 Å². The Labute approximate surface area is 112 Å². The van der Waals surface area contributed by atoms with E-state index in [0.29, 0.717) is 6.54 Å². The number of nitrogens with zero attached hydrogens (tertiary/aromatic N) is 3. The van der Waals surface area contributed by atoms with E-state index in [4.69, 9.17) is 0 Å². The van der Waals surface area contributed by atoms with E-state index in [1.54, 1.807) is 18.5 Å². The lowest BCUT2D eigenvalue weighted by Crippen LogP contribution is -2.21. The highest BCUT2D eigenvalue weighted by atomic mass is 19.1. The number of benzene rings is 1. The summed E-state index contributed by atoms with van der Waals surface area (Å²) in [4.78, 5) is 4.24. The van der Waals surface area contributed by atoms with Gasteiger partial charge in [-0.2, -0.15) is 5.10 Å². The van der Waals surface area contributed by atoms with E-state index in [1.807, 2.05) is 11.6 Å². The molecule has 0 unspecified atom stereocenters. The first-order chi connectivity index (χ1) is 9.20. The fraction of sp³-hybridized carbons (Fsp3) is 0.429. The molecule has 4 nitrogen and oxygen atoms in total. The van der Waals surface area contributed by atoms with Gasteiger partial charge in [-0.25, -0.2) is 14.1 Å². The zero-order chi connectivity index (χ0) is 13.7. The van der Waals surface area contributed by atoms with Gasteiger partial charge in [-0.3, -0.25) is 0 Å². The van der Waals surface area contributed by atoms with Gasteiger partial charge in [0.15, 0.2) is 0 Å². The zero-order valence-electron chi connectivity index (χ0n) is 11.3. The van der Waals surface area contributed by atoms with E-state index in [9.17, 15) is 4.39 Å². The fourth-order valence-electron chi connectivity index (χ4n) is 1.94. The maximum absolute atomic E-state index is 12.9. The standard InChI is InChI=1S/C14H19FN4/c1-3-8-19-14(17-10-18-19)9-16-11(2)12-4-6-13(15)7-5-12/h4-7,10-11,16H,3,8-9H2,1-2H3/t11-/m1/s1. The molecule has 0 aliphatic rings. The Hall–Kier alpha value is -1.75. The van der Waals surface area contributed by atoms with Crippen molar-refractivity contribution in [2.75, 3.05) is 0 Å². The predicted molar refractivity (Wildman–Crippen MR) is 72.0 cm³/mol. The lowest BCUT2D eigenvalue weighted by Gasteiger charge is -2.14. The third-order valence-electron chi connectivity index (χ3n) is 3.07. The maximum Gasteiger partial charge on any atom is 0.140 e. The molecule has 2 aromatic rings. The second kappa shape index (κ2) is 6.43. The van der Waals surface area contributed by atoms with Gasteiger partial charge in [0.2, 0.25) is 0 Å². The van der Waals surface area contributed by atoms with Crippen LogP contribution in [0.3, 0.4) is 0 Å². The summed E-state index contributed by atoms with van der Waals surface area (Å²) < 4.78 is 14.8. The number of hydrogen-bond acceptors (Lipinski definition) is 3. The summed E-state index contributed by atoms with van der Waals surface area (Å²) in [5, 5.41) is 7.56. The molecule has 19 heavy (non-hydrogen) atoms. The van der Waals surface area contributed by atoms with Crippen molar-refractivity contribution in [2.24, 2.45) is 0 Å². The minimum absolute atomic E-state index is 0.146. The van der Waals surface area contributed by atoms with Gasteiger partial charge in [-0.1, -0.05) is 19.1 Å². The van der Waals surface area contributed by atoms with Crippen molar-refractivity contribution in [3.05, 3.63) is 47.8 Å². The number of nitrogens with one attached hydrogen (secondary N) is 1. The molecule has 1 N–H and O–H groups in total. The normalized spacial score (nSPS) is 12.6. The van der Waals surface area contributed by atoms with Gasteiger partial charge in [-0.15, -0.1) is 0 Å². The predicted octanol–water partition coefficient (Wildman–Crippen LogP) is 2.68. The molecular weight excluding hydrogens is 243 g/mol. The van der Waals surface area contributed by atoms with Crippen LogP contribution in [0.2, 0.25) is 0 Å². The molecular formula is C14H19FN4.